The molecule has 3 heteroatoms. The van der Waals surface area contributed by atoms with Crippen LogP contribution in [0.2, 0.25) is 0 Å². The third-order valence-corrected chi connectivity index (χ3v) is 3.66. The maximum absolute atomic E-state index is 9.93. The Morgan fingerprint density at radius 1 is 1.31 bits per heavy atom. The van der Waals surface area contributed by atoms with Gasteiger partial charge < -0.3 is 16.2 Å². The zero-order valence-electron chi connectivity index (χ0n) is 10.6. The third-order valence-electron chi connectivity index (χ3n) is 3.66. The van der Waals surface area contributed by atoms with E-state index in [1.807, 2.05) is 0 Å². The van der Waals surface area contributed by atoms with Crippen molar-refractivity contribution in [2.75, 3.05) is 13.1 Å². The van der Waals surface area contributed by atoms with E-state index in [0.717, 1.165) is 38.3 Å². The molecule has 0 bridgehead atoms. The lowest BCUT2D eigenvalue weighted by Gasteiger charge is -2.27. The summed E-state index contributed by atoms with van der Waals surface area (Å²) in [6.45, 7) is 4.41. The van der Waals surface area contributed by atoms with Gasteiger partial charge in [0.15, 0.2) is 0 Å². The van der Waals surface area contributed by atoms with Gasteiger partial charge in [-0.3, -0.25) is 0 Å². The van der Waals surface area contributed by atoms with E-state index >= 15 is 0 Å². The highest BCUT2D eigenvalue weighted by Crippen LogP contribution is 2.19. The minimum Gasteiger partial charge on any atom is -0.392 e. The van der Waals surface area contributed by atoms with E-state index in [1.165, 1.54) is 25.7 Å². The summed E-state index contributed by atoms with van der Waals surface area (Å²) in [6.07, 6.45) is 7.53. The molecule has 1 aliphatic rings. The number of nitrogens with two attached hydrogens (primary N) is 1. The minimum atomic E-state index is -0.290. The first-order chi connectivity index (χ1) is 7.74. The first-order valence-electron chi connectivity index (χ1n) is 6.88. The summed E-state index contributed by atoms with van der Waals surface area (Å²) in [5.74, 6) is 0.720. The van der Waals surface area contributed by atoms with Crippen LogP contribution in [-0.4, -0.2) is 30.3 Å². The Bertz CT molecular complexity index is 169. The van der Waals surface area contributed by atoms with Gasteiger partial charge in [-0.2, -0.15) is 0 Å². The van der Waals surface area contributed by atoms with Gasteiger partial charge in [0.25, 0.3) is 0 Å². The van der Waals surface area contributed by atoms with Crippen molar-refractivity contribution in [3.63, 3.8) is 0 Å². The van der Waals surface area contributed by atoms with Gasteiger partial charge in [-0.1, -0.05) is 26.2 Å². The number of aliphatic hydroxyl groups excluding tert-OH is 1. The van der Waals surface area contributed by atoms with Crippen LogP contribution in [0.25, 0.3) is 0 Å². The van der Waals surface area contributed by atoms with Crippen LogP contribution in [0.1, 0.15) is 51.9 Å². The van der Waals surface area contributed by atoms with Crippen LogP contribution in [0.5, 0.6) is 0 Å². The number of hydrogen-bond acceptors (Lipinski definition) is 3. The molecule has 1 heterocycles. The molecule has 0 saturated carbocycles. The Hall–Kier alpha value is -0.120. The van der Waals surface area contributed by atoms with E-state index in [0.29, 0.717) is 0 Å². The van der Waals surface area contributed by atoms with Crippen LogP contribution < -0.4 is 11.1 Å². The predicted molar refractivity (Wildman–Crippen MR) is 68.3 cm³/mol. The Labute approximate surface area is 99.8 Å². The van der Waals surface area contributed by atoms with E-state index < -0.39 is 0 Å². The van der Waals surface area contributed by atoms with E-state index in [1.54, 1.807) is 0 Å². The first-order valence-corrected chi connectivity index (χ1v) is 6.88. The number of nitrogens with one attached hydrogen (secondary N) is 1. The Balaban J connectivity index is 2.14. The zero-order valence-corrected chi connectivity index (χ0v) is 10.6. The van der Waals surface area contributed by atoms with Crippen molar-refractivity contribution in [1.29, 1.82) is 0 Å². The van der Waals surface area contributed by atoms with Crippen molar-refractivity contribution in [3.05, 3.63) is 0 Å². The van der Waals surface area contributed by atoms with E-state index in [9.17, 15) is 5.11 Å². The lowest BCUT2D eigenvalue weighted by atomic mass is 9.88. The molecule has 0 aromatic rings. The summed E-state index contributed by atoms with van der Waals surface area (Å²) in [5, 5.41) is 13.3. The molecule has 0 aromatic heterocycles. The Kier molecular flexibility index (Phi) is 7.01. The maximum atomic E-state index is 9.93. The first kappa shape index (κ1) is 13.9. The average Bonchev–Trinajstić information content (AvgIpc) is 2.30. The van der Waals surface area contributed by atoms with Crippen LogP contribution in [0.4, 0.5) is 0 Å². The zero-order chi connectivity index (χ0) is 11.8. The third kappa shape index (κ3) is 5.28. The molecule has 1 unspecified atom stereocenters. The predicted octanol–water partition coefficient (Wildman–Crippen LogP) is 1.64. The van der Waals surface area contributed by atoms with Gasteiger partial charge in [0, 0.05) is 6.04 Å². The van der Waals surface area contributed by atoms with Crippen LogP contribution in [-0.2, 0) is 0 Å². The number of aliphatic hydroxyl groups is 1. The molecule has 0 radical (unpaired) electrons. The quantitative estimate of drug-likeness (QED) is 0.581. The molecule has 96 valence electrons. The summed E-state index contributed by atoms with van der Waals surface area (Å²) >= 11 is 0. The average molecular weight is 228 g/mol. The normalized spacial score (nSPS) is 21.9. The summed E-state index contributed by atoms with van der Waals surface area (Å²) < 4.78 is 0. The molecule has 1 fully saturated rings. The van der Waals surface area contributed by atoms with Gasteiger partial charge in [0.1, 0.15) is 0 Å². The highest BCUT2D eigenvalue weighted by Gasteiger charge is 2.20. The smallest absolute Gasteiger partial charge is 0.0691 e. The monoisotopic (exact) mass is 228 g/mol. The van der Waals surface area contributed by atoms with Crippen molar-refractivity contribution in [2.24, 2.45) is 11.7 Å². The largest absolute Gasteiger partial charge is 0.392 e. The Morgan fingerprint density at radius 2 is 2.00 bits per heavy atom. The van der Waals surface area contributed by atoms with Crippen molar-refractivity contribution < 1.29 is 5.11 Å². The molecular formula is C13H28N2O. The van der Waals surface area contributed by atoms with Crippen molar-refractivity contribution in [3.8, 4) is 0 Å². The number of unbranched alkanes of at least 4 members (excludes halogenated alkanes) is 2. The van der Waals surface area contributed by atoms with Gasteiger partial charge in [-0.05, 0) is 44.7 Å². The van der Waals surface area contributed by atoms with E-state index in [-0.39, 0.29) is 12.1 Å². The molecule has 4 N–H and O–H groups in total. The molecule has 3 nitrogen and oxygen atoms in total. The molecule has 1 rings (SSSR count). The number of piperidine rings is 1. The van der Waals surface area contributed by atoms with Crippen molar-refractivity contribution >= 4 is 0 Å². The van der Waals surface area contributed by atoms with E-state index in [2.05, 4.69) is 12.2 Å². The number of hydrogen-bond donors (Lipinski definition) is 3. The van der Waals surface area contributed by atoms with Crippen molar-refractivity contribution in [1.82, 2.24) is 5.32 Å². The SMILES string of the molecule is CCCCC[C@@H](O)C(N)CC1CCNCC1. The lowest BCUT2D eigenvalue weighted by Crippen LogP contribution is -2.39. The van der Waals surface area contributed by atoms with Gasteiger partial charge in [-0.15, -0.1) is 0 Å². The van der Waals surface area contributed by atoms with Gasteiger partial charge in [0.2, 0.25) is 0 Å². The molecule has 2 atom stereocenters. The second-order valence-corrected chi connectivity index (χ2v) is 5.16. The molecule has 1 aliphatic heterocycles. The molecular weight excluding hydrogens is 200 g/mol. The fraction of sp³-hybridized carbons (Fsp3) is 1.00. The van der Waals surface area contributed by atoms with Crippen LogP contribution in [0.15, 0.2) is 0 Å². The van der Waals surface area contributed by atoms with Crippen LogP contribution in [0.3, 0.4) is 0 Å². The molecule has 0 spiro atoms. The summed E-state index contributed by atoms with van der Waals surface area (Å²) in [4.78, 5) is 0. The maximum Gasteiger partial charge on any atom is 0.0691 e. The van der Waals surface area contributed by atoms with Gasteiger partial charge in [0.05, 0.1) is 6.10 Å². The topological polar surface area (TPSA) is 58.3 Å². The standard InChI is InChI=1S/C13H28N2O/c1-2-3-4-5-13(16)12(14)10-11-6-8-15-9-7-11/h11-13,15-16H,2-10,14H2,1H3/t12?,13-/m1/s1. The lowest BCUT2D eigenvalue weighted by molar-refractivity contribution is 0.116. The van der Waals surface area contributed by atoms with Gasteiger partial charge >= 0.3 is 0 Å². The fourth-order valence-corrected chi connectivity index (χ4v) is 2.48. The number of rotatable bonds is 7. The molecule has 0 aromatic carbocycles. The van der Waals surface area contributed by atoms with E-state index in [4.69, 9.17) is 5.73 Å². The second kappa shape index (κ2) is 8.04. The molecule has 1 saturated heterocycles. The Morgan fingerprint density at radius 3 is 2.62 bits per heavy atom. The summed E-state index contributed by atoms with van der Waals surface area (Å²) in [6, 6.07) is -0.0139. The highest BCUT2D eigenvalue weighted by molar-refractivity contribution is 4.78. The summed E-state index contributed by atoms with van der Waals surface area (Å²) in [5.41, 5.74) is 6.06. The fourth-order valence-electron chi connectivity index (χ4n) is 2.48. The van der Waals surface area contributed by atoms with Crippen LogP contribution in [0, 0.1) is 5.92 Å². The highest BCUT2D eigenvalue weighted by atomic mass is 16.3. The minimum absolute atomic E-state index is 0.0139. The second-order valence-electron chi connectivity index (χ2n) is 5.16. The summed E-state index contributed by atoms with van der Waals surface area (Å²) in [7, 11) is 0. The van der Waals surface area contributed by atoms with Gasteiger partial charge in [-0.25, -0.2) is 0 Å². The van der Waals surface area contributed by atoms with Crippen LogP contribution >= 0.6 is 0 Å². The van der Waals surface area contributed by atoms with Crippen molar-refractivity contribution in [2.45, 2.75) is 64.0 Å². The molecule has 16 heavy (non-hydrogen) atoms. The molecule has 0 aliphatic carbocycles. The molecule has 0 amide bonds.